The number of ether oxygens (including phenoxy) is 2. The van der Waals surface area contributed by atoms with Crippen LogP contribution in [0.4, 0.5) is 0 Å². The first-order valence-electron chi connectivity index (χ1n) is 5.77. The van der Waals surface area contributed by atoms with Gasteiger partial charge in [0.15, 0.2) is 6.10 Å². The maximum absolute atomic E-state index is 9.34. The van der Waals surface area contributed by atoms with Gasteiger partial charge in [-0.2, -0.15) is 21.0 Å². The van der Waals surface area contributed by atoms with Crippen LogP contribution in [0.2, 0.25) is 0 Å². The van der Waals surface area contributed by atoms with Crippen LogP contribution < -0.4 is 4.74 Å². The Bertz CT molecular complexity index is 731. The van der Waals surface area contributed by atoms with Gasteiger partial charge in [-0.1, -0.05) is 18.2 Å². The zero-order valence-electron chi connectivity index (χ0n) is 10.1. The Balaban J connectivity index is 2.27. The zero-order chi connectivity index (χ0) is 14.4. The number of fused-ring (bicyclic) bond motifs is 3. The second-order valence-electron chi connectivity index (χ2n) is 4.57. The van der Waals surface area contributed by atoms with E-state index in [-0.39, 0.29) is 0 Å². The summed E-state index contributed by atoms with van der Waals surface area (Å²) >= 11 is 0. The molecule has 1 aromatic rings. The highest BCUT2D eigenvalue weighted by atomic mass is 16.6. The Morgan fingerprint density at radius 3 is 2.10 bits per heavy atom. The van der Waals surface area contributed by atoms with Crippen molar-refractivity contribution in [3.8, 4) is 30.0 Å². The van der Waals surface area contributed by atoms with Crippen LogP contribution in [0.5, 0.6) is 5.75 Å². The highest BCUT2D eigenvalue weighted by molar-refractivity contribution is 5.53. The van der Waals surface area contributed by atoms with Crippen molar-refractivity contribution in [1.29, 1.82) is 21.0 Å². The van der Waals surface area contributed by atoms with Crippen molar-refractivity contribution in [3.63, 3.8) is 0 Å². The van der Waals surface area contributed by atoms with Crippen molar-refractivity contribution in [2.75, 3.05) is 0 Å². The van der Waals surface area contributed by atoms with Gasteiger partial charge in [-0.15, -0.1) is 0 Å². The molecule has 1 aromatic carbocycles. The van der Waals surface area contributed by atoms with Crippen LogP contribution in [0.15, 0.2) is 24.3 Å². The average Bonchev–Trinajstić information content (AvgIpc) is 3.02. The highest BCUT2D eigenvalue weighted by Crippen LogP contribution is 2.55. The summed E-state index contributed by atoms with van der Waals surface area (Å²) < 4.78 is 10.9. The number of para-hydroxylation sites is 1. The molecule has 0 aromatic heterocycles. The second kappa shape index (κ2) is 3.72. The molecule has 94 valence electrons. The predicted molar refractivity (Wildman–Crippen MR) is 62.6 cm³/mol. The smallest absolute Gasteiger partial charge is 0.281 e. The maximum Gasteiger partial charge on any atom is 0.281 e. The monoisotopic (exact) mass is 262 g/mol. The van der Waals surface area contributed by atoms with E-state index in [9.17, 15) is 21.0 Å². The second-order valence-corrected chi connectivity index (χ2v) is 4.57. The Kier molecular flexibility index (Phi) is 2.23. The molecular formula is C14H6N4O2. The topological polar surface area (TPSA) is 114 Å². The van der Waals surface area contributed by atoms with Gasteiger partial charge in [0.25, 0.3) is 11.2 Å². The summed E-state index contributed by atoms with van der Waals surface area (Å²) in [5, 5.41) is 37.2. The molecule has 0 radical (unpaired) electrons. The van der Waals surface area contributed by atoms with Gasteiger partial charge in [-0.25, -0.2) is 0 Å². The first kappa shape index (κ1) is 12.0. The van der Waals surface area contributed by atoms with Crippen LogP contribution in [-0.4, -0.2) is 17.3 Å². The standard InChI is InChI=1S/C14H6N4O2/c15-5-13(6-16)11-9-3-1-2-4-10(9)19-12(11)14(7-17,8-18)20-13/h1-4,11-12H/t11-,12+/m0/s1. The molecule has 0 aliphatic carbocycles. The zero-order valence-corrected chi connectivity index (χ0v) is 10.1. The third kappa shape index (κ3) is 1.16. The minimum atomic E-state index is -1.96. The fraction of sp³-hybridized carbons (Fsp3) is 0.286. The van der Waals surface area contributed by atoms with Gasteiger partial charge in [0.1, 0.15) is 30.0 Å². The van der Waals surface area contributed by atoms with Gasteiger partial charge in [0.2, 0.25) is 0 Å². The summed E-state index contributed by atoms with van der Waals surface area (Å²) in [7, 11) is 0. The Labute approximate surface area is 114 Å². The Morgan fingerprint density at radius 1 is 0.900 bits per heavy atom. The van der Waals surface area contributed by atoms with E-state index in [1.165, 1.54) is 0 Å². The van der Waals surface area contributed by atoms with Crippen LogP contribution >= 0.6 is 0 Å². The minimum Gasteiger partial charge on any atom is -0.484 e. The number of benzene rings is 1. The number of nitrogens with zero attached hydrogens (tertiary/aromatic N) is 4. The lowest BCUT2D eigenvalue weighted by atomic mass is 9.80. The summed E-state index contributed by atoms with van der Waals surface area (Å²) in [5.41, 5.74) is -3.26. The summed E-state index contributed by atoms with van der Waals surface area (Å²) in [4.78, 5) is 0. The van der Waals surface area contributed by atoms with Crippen molar-refractivity contribution in [2.45, 2.75) is 23.2 Å². The normalized spacial score (nSPS) is 26.8. The largest absolute Gasteiger partial charge is 0.484 e. The van der Waals surface area contributed by atoms with Gasteiger partial charge in [0, 0.05) is 5.56 Å². The van der Waals surface area contributed by atoms with Crippen LogP contribution in [-0.2, 0) is 4.74 Å². The molecule has 6 heteroatoms. The van der Waals surface area contributed by atoms with Crippen molar-refractivity contribution < 1.29 is 9.47 Å². The van der Waals surface area contributed by atoms with E-state index >= 15 is 0 Å². The number of rotatable bonds is 0. The Hall–Kier alpha value is -3.06. The fourth-order valence-corrected chi connectivity index (χ4v) is 2.75. The molecule has 2 heterocycles. The quantitative estimate of drug-likeness (QED) is 0.692. The molecule has 1 fully saturated rings. The summed E-state index contributed by atoms with van der Waals surface area (Å²) in [6, 6.07) is 13.9. The van der Waals surface area contributed by atoms with Gasteiger partial charge in [-0.3, -0.25) is 0 Å². The molecule has 2 aliphatic rings. The number of nitriles is 4. The number of hydrogen-bond donors (Lipinski definition) is 0. The molecular weight excluding hydrogens is 256 g/mol. The first-order chi connectivity index (χ1) is 9.66. The molecule has 0 unspecified atom stereocenters. The van der Waals surface area contributed by atoms with E-state index in [1.54, 1.807) is 48.5 Å². The molecule has 2 aliphatic heterocycles. The van der Waals surface area contributed by atoms with Crippen molar-refractivity contribution >= 4 is 0 Å². The van der Waals surface area contributed by atoms with E-state index in [4.69, 9.17) is 9.47 Å². The number of hydrogen-bond acceptors (Lipinski definition) is 6. The molecule has 0 amide bonds. The lowest BCUT2D eigenvalue weighted by Crippen LogP contribution is -2.40. The van der Waals surface area contributed by atoms with Crippen molar-refractivity contribution in [3.05, 3.63) is 29.8 Å². The molecule has 0 N–H and O–H groups in total. The average molecular weight is 262 g/mol. The van der Waals surface area contributed by atoms with Crippen LogP contribution in [0.3, 0.4) is 0 Å². The highest BCUT2D eigenvalue weighted by Gasteiger charge is 2.70. The minimum absolute atomic E-state index is 0.468. The van der Waals surface area contributed by atoms with Crippen LogP contribution in [0.1, 0.15) is 11.5 Å². The summed E-state index contributed by atoms with van der Waals surface area (Å²) in [5.74, 6) is -0.316. The fourth-order valence-electron chi connectivity index (χ4n) is 2.75. The summed E-state index contributed by atoms with van der Waals surface area (Å²) in [6.07, 6.45) is -0.991. The third-order valence-electron chi connectivity index (χ3n) is 3.64. The Morgan fingerprint density at radius 2 is 1.50 bits per heavy atom. The van der Waals surface area contributed by atoms with E-state index in [2.05, 4.69) is 0 Å². The van der Waals surface area contributed by atoms with Gasteiger partial charge < -0.3 is 9.47 Å². The van der Waals surface area contributed by atoms with Gasteiger partial charge >= 0.3 is 0 Å². The SMILES string of the molecule is N#CC1(C#N)OC(C#N)(C#N)[C@H]2c3ccccc3O[C@H]21. The molecule has 0 spiro atoms. The summed E-state index contributed by atoms with van der Waals surface area (Å²) in [6.45, 7) is 0. The predicted octanol–water partition coefficient (Wildman–Crippen LogP) is 1.13. The van der Waals surface area contributed by atoms with Gasteiger partial charge in [0.05, 0.1) is 5.92 Å². The molecule has 1 saturated heterocycles. The maximum atomic E-state index is 9.34. The van der Waals surface area contributed by atoms with Crippen LogP contribution in [0, 0.1) is 45.3 Å². The molecule has 0 saturated carbocycles. The molecule has 20 heavy (non-hydrogen) atoms. The van der Waals surface area contributed by atoms with E-state index in [0.717, 1.165) is 0 Å². The van der Waals surface area contributed by atoms with E-state index in [0.29, 0.717) is 11.3 Å². The van der Waals surface area contributed by atoms with E-state index < -0.39 is 23.2 Å². The molecule has 2 atom stereocenters. The first-order valence-corrected chi connectivity index (χ1v) is 5.77. The van der Waals surface area contributed by atoms with Crippen LogP contribution in [0.25, 0.3) is 0 Å². The van der Waals surface area contributed by atoms with Crippen molar-refractivity contribution in [2.24, 2.45) is 0 Å². The lowest BCUT2D eigenvalue weighted by molar-refractivity contribution is -0.00791. The molecule has 6 nitrogen and oxygen atoms in total. The lowest BCUT2D eigenvalue weighted by Gasteiger charge is -2.19. The molecule has 0 bridgehead atoms. The van der Waals surface area contributed by atoms with Gasteiger partial charge in [-0.05, 0) is 6.07 Å². The molecule has 3 rings (SSSR count). The third-order valence-corrected chi connectivity index (χ3v) is 3.64. The van der Waals surface area contributed by atoms with E-state index in [1.807, 2.05) is 0 Å². The van der Waals surface area contributed by atoms with Crippen molar-refractivity contribution in [1.82, 2.24) is 0 Å².